The van der Waals surface area contributed by atoms with E-state index in [4.69, 9.17) is 4.52 Å². The summed E-state index contributed by atoms with van der Waals surface area (Å²) in [7, 11) is -2.22. The zero-order valence-electron chi connectivity index (χ0n) is 26.6. The second kappa shape index (κ2) is 24.0. The molecule has 0 spiro atoms. The zero-order valence-corrected chi connectivity index (χ0v) is 27.4. The third-order valence-electron chi connectivity index (χ3n) is 7.58. The van der Waals surface area contributed by atoms with E-state index in [2.05, 4.69) is 25.5 Å². The number of ether oxygens (including phenoxy) is 1. The summed E-state index contributed by atoms with van der Waals surface area (Å²) >= 11 is 0. The van der Waals surface area contributed by atoms with E-state index in [0.717, 1.165) is 83.2 Å². The van der Waals surface area contributed by atoms with E-state index < -0.39 is 49.8 Å². The Labute approximate surface area is 250 Å². The summed E-state index contributed by atoms with van der Waals surface area (Å²) in [6.07, 6.45) is 20.9. The lowest BCUT2D eigenvalue weighted by Gasteiger charge is -2.28. The van der Waals surface area contributed by atoms with E-state index >= 15 is 0 Å². The van der Waals surface area contributed by atoms with Gasteiger partial charge in [-0.15, -0.1) is 0 Å². The van der Waals surface area contributed by atoms with E-state index in [1.807, 2.05) is 0 Å². The average molecular weight is 604 g/mol. The fraction of sp³-hybridized carbons (Fsp3) is 0.875. The minimum absolute atomic E-state index is 0.790. The van der Waals surface area contributed by atoms with Gasteiger partial charge in [0.1, 0.15) is 0 Å². The Bertz CT molecular complexity index is 700. The predicted octanol–water partition coefficient (Wildman–Crippen LogP) is 8.23. The molecule has 0 aliphatic heterocycles. The number of rotatable bonds is 27. The molecular formula is C32H60O8P+. The van der Waals surface area contributed by atoms with Crippen molar-refractivity contribution in [1.82, 2.24) is 0 Å². The van der Waals surface area contributed by atoms with E-state index in [1.165, 1.54) is 57.8 Å². The third kappa shape index (κ3) is 20.1. The number of carboxylic acid groups (broad SMARTS) is 1. The van der Waals surface area contributed by atoms with Gasteiger partial charge in [-0.1, -0.05) is 97.8 Å². The van der Waals surface area contributed by atoms with Crippen molar-refractivity contribution in [3.05, 3.63) is 0 Å². The standard InChI is InChI=1S/C32H59O8P/c1-5-8-11-14-17-20-23-41(24-21-18-15-12-9-6-2,25-22-19-16-13-10-7-3)40-30(35)27-32(38,31(36)37)26-29(34)39-28(4)33/h38H,5-27H2,1-4H3/p+1. The number of carboxylic acids is 1. The molecule has 41 heavy (non-hydrogen) atoms. The van der Waals surface area contributed by atoms with Crippen LogP contribution in [0.25, 0.3) is 0 Å². The largest absolute Gasteiger partial charge is 0.479 e. The van der Waals surface area contributed by atoms with Crippen molar-refractivity contribution in [3.8, 4) is 0 Å². The lowest BCUT2D eigenvalue weighted by molar-refractivity contribution is -0.173. The highest BCUT2D eigenvalue weighted by atomic mass is 31.2. The fourth-order valence-corrected chi connectivity index (χ4v) is 8.99. The molecule has 0 aromatic heterocycles. The summed E-state index contributed by atoms with van der Waals surface area (Å²) in [5.41, 5.74) is -2.69. The molecule has 0 fully saturated rings. The minimum atomic E-state index is -2.69. The summed E-state index contributed by atoms with van der Waals surface area (Å²) < 4.78 is 10.7. The quantitative estimate of drug-likeness (QED) is 0.0416. The van der Waals surface area contributed by atoms with Crippen molar-refractivity contribution in [1.29, 1.82) is 0 Å². The van der Waals surface area contributed by atoms with Crippen molar-refractivity contribution in [3.63, 3.8) is 0 Å². The molecule has 1 atom stereocenters. The molecule has 0 radical (unpaired) electrons. The van der Waals surface area contributed by atoms with Crippen LogP contribution in [0.15, 0.2) is 0 Å². The minimum Gasteiger partial charge on any atom is -0.479 e. The van der Waals surface area contributed by atoms with Crippen molar-refractivity contribution in [2.75, 3.05) is 18.5 Å². The Morgan fingerprint density at radius 3 is 1.27 bits per heavy atom. The molecule has 0 aromatic rings. The maximum atomic E-state index is 13.3. The predicted molar refractivity (Wildman–Crippen MR) is 166 cm³/mol. The summed E-state index contributed by atoms with van der Waals surface area (Å²) in [5, 5.41) is 20.4. The Kier molecular flexibility index (Phi) is 23.1. The van der Waals surface area contributed by atoms with Crippen LogP contribution < -0.4 is 0 Å². The molecule has 0 aromatic carbocycles. The van der Waals surface area contributed by atoms with Crippen LogP contribution in [0.2, 0.25) is 0 Å². The highest BCUT2D eigenvalue weighted by molar-refractivity contribution is 7.71. The molecule has 0 bridgehead atoms. The highest BCUT2D eigenvalue weighted by Gasteiger charge is 2.47. The fourth-order valence-electron chi connectivity index (χ4n) is 5.15. The van der Waals surface area contributed by atoms with Crippen LogP contribution in [0, 0.1) is 0 Å². The first-order chi connectivity index (χ1) is 19.5. The van der Waals surface area contributed by atoms with Crippen molar-refractivity contribution in [2.24, 2.45) is 0 Å². The maximum Gasteiger partial charge on any atom is 0.353 e. The van der Waals surface area contributed by atoms with Gasteiger partial charge >= 0.3 is 23.9 Å². The molecule has 0 saturated heterocycles. The molecule has 0 aliphatic carbocycles. The first-order valence-electron chi connectivity index (χ1n) is 16.3. The van der Waals surface area contributed by atoms with Gasteiger partial charge in [0, 0.05) is 6.92 Å². The second-order valence-corrected chi connectivity index (χ2v) is 15.3. The van der Waals surface area contributed by atoms with Crippen LogP contribution in [-0.4, -0.2) is 58.2 Å². The van der Waals surface area contributed by atoms with E-state index in [1.54, 1.807) is 0 Å². The summed E-state index contributed by atoms with van der Waals surface area (Å²) in [4.78, 5) is 48.2. The maximum absolute atomic E-state index is 13.3. The van der Waals surface area contributed by atoms with Gasteiger partial charge in [-0.05, 0) is 38.5 Å². The first-order valence-corrected chi connectivity index (χ1v) is 18.6. The number of carbonyl (C=O) groups is 4. The number of unbranched alkanes of at least 4 members (excludes halogenated alkanes) is 15. The monoisotopic (exact) mass is 603 g/mol. The van der Waals surface area contributed by atoms with Gasteiger partial charge in [-0.25, -0.2) is 9.59 Å². The Morgan fingerprint density at radius 2 is 0.927 bits per heavy atom. The Balaban J connectivity index is 5.68. The van der Waals surface area contributed by atoms with E-state index in [9.17, 15) is 29.4 Å². The number of aliphatic hydroxyl groups is 1. The number of hydrogen-bond donors (Lipinski definition) is 2. The Morgan fingerprint density at radius 1 is 0.585 bits per heavy atom. The van der Waals surface area contributed by atoms with Crippen LogP contribution in [0.3, 0.4) is 0 Å². The highest BCUT2D eigenvalue weighted by Crippen LogP contribution is 2.62. The number of hydrogen-bond acceptors (Lipinski definition) is 7. The molecule has 0 rings (SSSR count). The molecule has 240 valence electrons. The zero-order chi connectivity index (χ0) is 31.0. The average Bonchev–Trinajstić information content (AvgIpc) is 2.89. The van der Waals surface area contributed by atoms with Crippen LogP contribution in [-0.2, 0) is 28.4 Å². The van der Waals surface area contributed by atoms with Gasteiger partial charge in [0.05, 0.1) is 31.3 Å². The molecule has 0 heterocycles. The topological polar surface area (TPSA) is 127 Å². The van der Waals surface area contributed by atoms with E-state index in [0.29, 0.717) is 0 Å². The number of esters is 2. The second-order valence-electron chi connectivity index (χ2n) is 11.7. The van der Waals surface area contributed by atoms with Crippen molar-refractivity contribution >= 4 is 31.4 Å². The molecular weight excluding hydrogens is 543 g/mol. The van der Waals surface area contributed by atoms with Crippen LogP contribution in [0.1, 0.15) is 156 Å². The molecule has 9 heteroatoms. The van der Waals surface area contributed by atoms with Gasteiger partial charge in [0.2, 0.25) is 0 Å². The van der Waals surface area contributed by atoms with Gasteiger partial charge in [-0.2, -0.15) is 0 Å². The summed E-state index contributed by atoms with van der Waals surface area (Å²) in [6.45, 7) is 7.58. The van der Waals surface area contributed by atoms with Crippen LogP contribution >= 0.6 is 7.49 Å². The number of carbonyl (C=O) groups excluding carboxylic acids is 3. The van der Waals surface area contributed by atoms with E-state index in [-0.39, 0.29) is 0 Å². The first kappa shape index (κ1) is 39.5. The molecule has 2 N–H and O–H groups in total. The normalized spacial score (nSPS) is 13.0. The third-order valence-corrected chi connectivity index (χ3v) is 11.6. The van der Waals surface area contributed by atoms with Crippen molar-refractivity contribution < 1.29 is 38.7 Å². The summed E-state index contributed by atoms with van der Waals surface area (Å²) in [6, 6.07) is 0. The molecule has 8 nitrogen and oxygen atoms in total. The number of aliphatic carboxylic acids is 1. The van der Waals surface area contributed by atoms with Crippen LogP contribution in [0.4, 0.5) is 0 Å². The van der Waals surface area contributed by atoms with Gasteiger partial charge in [0.15, 0.2) is 13.1 Å². The van der Waals surface area contributed by atoms with Gasteiger partial charge < -0.3 is 19.5 Å². The van der Waals surface area contributed by atoms with Crippen LogP contribution in [0.5, 0.6) is 0 Å². The lowest BCUT2D eigenvalue weighted by atomic mass is 9.96. The van der Waals surface area contributed by atoms with Gasteiger partial charge in [0.25, 0.3) is 0 Å². The molecule has 0 aliphatic rings. The molecule has 0 saturated carbocycles. The Hall–Kier alpha value is -1.53. The lowest BCUT2D eigenvalue weighted by Crippen LogP contribution is -2.43. The molecule has 0 amide bonds. The van der Waals surface area contributed by atoms with Crippen molar-refractivity contribution in [2.45, 2.75) is 162 Å². The summed E-state index contributed by atoms with van der Waals surface area (Å²) in [5.74, 6) is -4.61. The van der Waals surface area contributed by atoms with Gasteiger partial charge in [-0.3, -0.25) is 9.59 Å². The molecule has 1 unspecified atom stereocenters. The smallest absolute Gasteiger partial charge is 0.353 e. The SMILES string of the molecule is CCCCCCCC[P+](CCCCCCCC)(CCCCCCCC)OC(=O)CC(O)(CC(=O)OC(C)=O)C(=O)O.